The van der Waals surface area contributed by atoms with E-state index in [0.29, 0.717) is 0 Å². The van der Waals surface area contributed by atoms with Crippen molar-refractivity contribution in [3.05, 3.63) is 27.5 Å². The molecular weight excluding hydrogens is 254 g/mol. The quantitative estimate of drug-likeness (QED) is 0.371. The Morgan fingerprint density at radius 3 is 2.61 bits per heavy atom. The van der Waals surface area contributed by atoms with Gasteiger partial charge in [-0.2, -0.15) is 0 Å². The molecule has 0 amide bonds. The molecule has 0 saturated carbocycles. The first-order chi connectivity index (χ1) is 8.26. The van der Waals surface area contributed by atoms with E-state index >= 15 is 0 Å². The van der Waals surface area contributed by atoms with Crippen LogP contribution in [-0.4, -0.2) is 21.7 Å². The number of esters is 1. The van der Waals surface area contributed by atoms with Crippen molar-refractivity contribution in [1.82, 2.24) is 4.98 Å². The van der Waals surface area contributed by atoms with Gasteiger partial charge in [-0.1, -0.05) is 0 Å². The topological polar surface area (TPSA) is 89.8 Å². The molecule has 96 valence electrons. The van der Waals surface area contributed by atoms with E-state index in [1.165, 1.54) is 5.51 Å². The number of aromatic nitrogens is 1. The van der Waals surface area contributed by atoms with Gasteiger partial charge in [0, 0.05) is 0 Å². The summed E-state index contributed by atoms with van der Waals surface area (Å²) in [5.74, 6) is -1.32. The molecule has 0 aromatic carbocycles. The van der Waals surface area contributed by atoms with Crippen LogP contribution in [0.3, 0.4) is 0 Å². The van der Waals surface area contributed by atoms with Gasteiger partial charge in [0.2, 0.25) is 0 Å². The molecule has 1 rings (SSSR count). The van der Waals surface area contributed by atoms with Gasteiger partial charge >= 0.3 is 11.7 Å². The molecule has 1 heterocycles. The molecule has 0 bridgehead atoms. The van der Waals surface area contributed by atoms with Gasteiger partial charge < -0.3 is 15.6 Å². The van der Waals surface area contributed by atoms with Crippen molar-refractivity contribution >= 4 is 28.9 Å². The third kappa shape index (κ3) is 3.21. The first-order valence-electron chi connectivity index (χ1n) is 4.99. The molecule has 0 aliphatic carbocycles. The van der Waals surface area contributed by atoms with Gasteiger partial charge in [-0.05, 0) is 20.8 Å². The molecule has 0 fully saturated rings. The molecule has 0 saturated heterocycles. The number of nitrogens with zero attached hydrogens (tertiary/aromatic N) is 2. The number of nitrogens with two attached hydrogens (primary N) is 1. The highest BCUT2D eigenvalue weighted by atomic mass is 32.1. The van der Waals surface area contributed by atoms with Gasteiger partial charge in [0.15, 0.2) is 5.76 Å². The van der Waals surface area contributed by atoms with E-state index < -0.39 is 23.0 Å². The predicted octanol–water partition coefficient (Wildman–Crippen LogP) is 2.21. The van der Waals surface area contributed by atoms with E-state index in [1.54, 1.807) is 20.8 Å². The number of aliphatic hydroxyl groups excluding tert-OH is 1. The second-order valence-electron chi connectivity index (χ2n) is 4.38. The van der Waals surface area contributed by atoms with Crippen LogP contribution in [0.4, 0.5) is 5.82 Å². The molecule has 7 heteroatoms. The fourth-order valence-corrected chi connectivity index (χ4v) is 1.71. The number of carbonyl (C=O) groups is 1. The van der Waals surface area contributed by atoms with E-state index in [1.807, 2.05) is 0 Å². The highest BCUT2D eigenvalue weighted by Crippen LogP contribution is 2.27. The Hall–Kier alpha value is -2.07. The Balaban J connectivity index is 3.14. The largest absolute Gasteiger partial charge is 0.517 e. The minimum Gasteiger partial charge on any atom is -0.517 e. The van der Waals surface area contributed by atoms with Crippen molar-refractivity contribution in [2.75, 3.05) is 5.73 Å². The van der Waals surface area contributed by atoms with Crippen LogP contribution >= 0.6 is 11.3 Å². The lowest BCUT2D eigenvalue weighted by Crippen LogP contribution is -2.24. The van der Waals surface area contributed by atoms with E-state index in [2.05, 4.69) is 9.83 Å². The molecule has 0 atom stereocenters. The average Bonchev–Trinajstić information content (AvgIpc) is 2.62. The average molecular weight is 267 g/mol. The van der Waals surface area contributed by atoms with Gasteiger partial charge in [0.25, 0.3) is 0 Å². The third-order valence-electron chi connectivity index (χ3n) is 1.74. The summed E-state index contributed by atoms with van der Waals surface area (Å²) in [5.41, 5.74) is 5.68. The fourth-order valence-electron chi connectivity index (χ4n) is 1.06. The standard InChI is InChI=1S/C11H13N3O3S/c1-11(2,3)17-10(16)6(13-4)7(15)8-9(12)14-5-18-8/h5,15H,12H2,1-3H3/b7-6+. The Kier molecular flexibility index (Phi) is 3.93. The second-order valence-corrected chi connectivity index (χ2v) is 5.23. The van der Waals surface area contributed by atoms with Crippen molar-refractivity contribution in [1.29, 1.82) is 0 Å². The van der Waals surface area contributed by atoms with E-state index in [4.69, 9.17) is 17.0 Å². The number of thiazole rings is 1. The fraction of sp³-hybridized carbons (Fsp3) is 0.364. The molecule has 0 aliphatic rings. The van der Waals surface area contributed by atoms with E-state index in [-0.39, 0.29) is 10.7 Å². The second kappa shape index (κ2) is 5.06. The van der Waals surface area contributed by atoms with Crippen molar-refractivity contribution in [3.63, 3.8) is 0 Å². The summed E-state index contributed by atoms with van der Waals surface area (Å²) in [7, 11) is 0. The van der Waals surface area contributed by atoms with Crippen LogP contribution in [0.25, 0.3) is 10.6 Å². The van der Waals surface area contributed by atoms with Crippen LogP contribution in [-0.2, 0) is 9.53 Å². The molecule has 1 aromatic heterocycles. The third-order valence-corrected chi connectivity index (χ3v) is 2.59. The number of rotatable bonds is 2. The summed E-state index contributed by atoms with van der Waals surface area (Å²) < 4.78 is 5.02. The van der Waals surface area contributed by atoms with Crippen molar-refractivity contribution in [2.24, 2.45) is 0 Å². The number of ether oxygens (including phenoxy) is 1. The summed E-state index contributed by atoms with van der Waals surface area (Å²) in [5, 5.41) is 9.87. The first kappa shape index (κ1) is 14.0. The van der Waals surface area contributed by atoms with Crippen LogP contribution in [0.15, 0.2) is 11.2 Å². The number of carbonyl (C=O) groups excluding carboxylic acids is 1. The summed E-state index contributed by atoms with van der Waals surface area (Å²) >= 11 is 1.04. The maximum absolute atomic E-state index is 11.7. The lowest BCUT2D eigenvalue weighted by molar-refractivity contribution is -0.149. The lowest BCUT2D eigenvalue weighted by Gasteiger charge is -2.19. The highest BCUT2D eigenvalue weighted by molar-refractivity contribution is 7.11. The summed E-state index contributed by atoms with van der Waals surface area (Å²) in [6, 6.07) is 0. The SMILES string of the molecule is [C-]#[N+]/C(C(=O)OC(C)(C)C)=C(/O)c1scnc1N. The van der Waals surface area contributed by atoms with E-state index in [9.17, 15) is 9.90 Å². The smallest absolute Gasteiger partial charge is 0.340 e. The number of nitrogen functional groups attached to an aromatic ring is 1. The number of aliphatic hydroxyl groups is 1. The molecule has 0 radical (unpaired) electrons. The van der Waals surface area contributed by atoms with Crippen molar-refractivity contribution in [3.8, 4) is 0 Å². The normalized spacial score (nSPS) is 12.6. The van der Waals surface area contributed by atoms with Crippen molar-refractivity contribution < 1.29 is 14.6 Å². The maximum Gasteiger partial charge on any atom is 0.340 e. The summed E-state index contributed by atoms with van der Waals surface area (Å²) in [6.45, 7) is 12.0. The molecule has 0 spiro atoms. The van der Waals surface area contributed by atoms with Crippen molar-refractivity contribution in [2.45, 2.75) is 26.4 Å². The molecular formula is C11H13N3O3S. The minimum absolute atomic E-state index is 0.0715. The zero-order valence-electron chi connectivity index (χ0n) is 10.2. The van der Waals surface area contributed by atoms with Gasteiger partial charge in [-0.25, -0.2) is 9.83 Å². The zero-order valence-corrected chi connectivity index (χ0v) is 11.0. The molecule has 18 heavy (non-hydrogen) atoms. The minimum atomic E-state index is -0.886. The first-order valence-corrected chi connectivity index (χ1v) is 5.87. The van der Waals surface area contributed by atoms with E-state index in [0.717, 1.165) is 11.3 Å². The maximum atomic E-state index is 11.7. The molecule has 6 nitrogen and oxygen atoms in total. The van der Waals surface area contributed by atoms with Gasteiger partial charge in [-0.3, -0.25) is 4.79 Å². The Bertz CT molecular complexity index is 534. The Labute approximate surface area is 109 Å². The number of hydrogen-bond donors (Lipinski definition) is 2. The Morgan fingerprint density at radius 1 is 1.61 bits per heavy atom. The van der Waals surface area contributed by atoms with Gasteiger partial charge in [0.1, 0.15) is 16.3 Å². The molecule has 0 aliphatic heterocycles. The number of anilines is 1. The van der Waals surface area contributed by atoms with Gasteiger partial charge in [-0.15, -0.1) is 11.3 Å². The Morgan fingerprint density at radius 2 is 2.22 bits per heavy atom. The molecule has 0 unspecified atom stereocenters. The number of hydrogen-bond acceptors (Lipinski definition) is 6. The van der Waals surface area contributed by atoms with Gasteiger partial charge in [0.05, 0.1) is 12.1 Å². The predicted molar refractivity (Wildman–Crippen MR) is 68.5 cm³/mol. The van der Waals surface area contributed by atoms with Crippen LogP contribution in [0.1, 0.15) is 25.6 Å². The molecule has 1 aromatic rings. The zero-order chi connectivity index (χ0) is 13.9. The lowest BCUT2D eigenvalue weighted by atomic mass is 10.2. The van der Waals surface area contributed by atoms with Crippen LogP contribution in [0.5, 0.6) is 0 Å². The summed E-state index contributed by atoms with van der Waals surface area (Å²) in [4.78, 5) is 18.6. The molecule has 3 N–H and O–H groups in total. The van der Waals surface area contributed by atoms with Crippen LogP contribution in [0.2, 0.25) is 0 Å². The summed E-state index contributed by atoms with van der Waals surface area (Å²) in [6.07, 6.45) is 0. The highest BCUT2D eigenvalue weighted by Gasteiger charge is 2.25. The van der Waals surface area contributed by atoms with Crippen LogP contribution in [0, 0.1) is 6.57 Å². The van der Waals surface area contributed by atoms with Crippen LogP contribution < -0.4 is 5.73 Å². The monoisotopic (exact) mass is 267 g/mol.